The van der Waals surface area contributed by atoms with Crippen LogP contribution in [0.4, 0.5) is 22.0 Å². The third-order valence-electron chi connectivity index (χ3n) is 4.59. The van der Waals surface area contributed by atoms with E-state index >= 15 is 0 Å². The fraction of sp³-hybridized carbons (Fsp3) is 0.833. The standard InChI is InChI=1S/C12H13F5N2OS/c1-10(12(15,16)17)8(20)19-9(21-10)18-7-3-6-2-5(7)4-11(6,13)14/h5-7H,2-4H2,1H3,(H,18,19,20)/t5-,6-,7+,10+/m1/s1. The number of hydrogen-bond acceptors (Lipinski definition) is 3. The molecule has 2 aliphatic carbocycles. The molecular weight excluding hydrogens is 315 g/mol. The van der Waals surface area contributed by atoms with Crippen LogP contribution in [0, 0.1) is 11.8 Å². The maximum Gasteiger partial charge on any atom is 0.412 e. The number of alkyl halides is 5. The molecule has 1 amide bonds. The number of amides is 1. The third kappa shape index (κ3) is 2.24. The summed E-state index contributed by atoms with van der Waals surface area (Å²) in [7, 11) is 0. The fourth-order valence-electron chi connectivity index (χ4n) is 3.25. The molecule has 9 heteroatoms. The Morgan fingerprint density at radius 2 is 2.00 bits per heavy atom. The molecule has 3 aliphatic rings. The van der Waals surface area contributed by atoms with Gasteiger partial charge in [-0.2, -0.15) is 18.2 Å². The highest BCUT2D eigenvalue weighted by Crippen LogP contribution is 2.54. The molecule has 0 aromatic rings. The molecule has 2 bridgehead atoms. The fourth-order valence-corrected chi connectivity index (χ4v) is 4.22. The van der Waals surface area contributed by atoms with Gasteiger partial charge in [-0.1, -0.05) is 11.8 Å². The van der Waals surface area contributed by atoms with Crippen LogP contribution in [-0.4, -0.2) is 34.0 Å². The van der Waals surface area contributed by atoms with Gasteiger partial charge in [-0.25, -0.2) is 8.78 Å². The number of fused-ring (bicyclic) bond motifs is 2. The topological polar surface area (TPSA) is 41.5 Å². The first-order valence-corrected chi connectivity index (χ1v) is 7.38. The van der Waals surface area contributed by atoms with Crippen LogP contribution in [0.25, 0.3) is 0 Å². The molecule has 2 saturated carbocycles. The van der Waals surface area contributed by atoms with Crippen molar-refractivity contribution < 1.29 is 26.7 Å². The molecule has 0 radical (unpaired) electrons. The van der Waals surface area contributed by atoms with Gasteiger partial charge in [-0.3, -0.25) is 4.79 Å². The van der Waals surface area contributed by atoms with Crippen molar-refractivity contribution in [3.05, 3.63) is 0 Å². The predicted octanol–water partition coefficient (Wildman–Crippen LogP) is 2.96. The predicted molar refractivity (Wildman–Crippen MR) is 67.2 cm³/mol. The highest BCUT2D eigenvalue weighted by Gasteiger charge is 2.62. The Balaban J connectivity index is 1.67. The van der Waals surface area contributed by atoms with E-state index in [1.807, 2.05) is 0 Å². The minimum absolute atomic E-state index is 0.110. The number of aliphatic imine (C=N–C) groups is 1. The van der Waals surface area contributed by atoms with Gasteiger partial charge >= 0.3 is 6.18 Å². The van der Waals surface area contributed by atoms with Gasteiger partial charge in [0.2, 0.25) is 0 Å². The van der Waals surface area contributed by atoms with Crippen molar-refractivity contribution in [2.75, 3.05) is 0 Å². The van der Waals surface area contributed by atoms with Gasteiger partial charge < -0.3 is 5.32 Å². The van der Waals surface area contributed by atoms with E-state index in [-0.39, 0.29) is 30.0 Å². The molecule has 3 nitrogen and oxygen atoms in total. The maximum atomic E-state index is 13.4. The quantitative estimate of drug-likeness (QED) is 0.753. The summed E-state index contributed by atoms with van der Waals surface area (Å²) in [5.74, 6) is -4.93. The lowest BCUT2D eigenvalue weighted by atomic mass is 9.92. The Kier molecular flexibility index (Phi) is 3.10. The van der Waals surface area contributed by atoms with Crippen LogP contribution in [0.1, 0.15) is 26.2 Å². The summed E-state index contributed by atoms with van der Waals surface area (Å²) >= 11 is 0.319. The molecule has 3 rings (SSSR count). The zero-order chi connectivity index (χ0) is 15.6. The summed E-state index contributed by atoms with van der Waals surface area (Å²) in [5, 5.41) is 2.65. The second-order valence-corrected chi connectivity index (χ2v) is 7.41. The van der Waals surface area contributed by atoms with Gasteiger partial charge in [-0.15, -0.1) is 0 Å². The normalized spacial score (nSPS) is 41.5. The SMILES string of the molecule is C[C@]1(C(F)(F)F)SC(N[C@H]2C[C@H]3C[C@@H]2CC3(F)F)=NC1=O. The number of carbonyl (C=O) groups excluding carboxylic acids is 1. The van der Waals surface area contributed by atoms with E-state index in [2.05, 4.69) is 10.3 Å². The van der Waals surface area contributed by atoms with Crippen LogP contribution in [0.15, 0.2) is 4.99 Å². The Morgan fingerprint density at radius 1 is 1.33 bits per heavy atom. The second kappa shape index (κ2) is 4.33. The van der Waals surface area contributed by atoms with Crippen molar-refractivity contribution >= 4 is 22.8 Å². The molecule has 0 unspecified atom stereocenters. The van der Waals surface area contributed by atoms with E-state index in [0.29, 0.717) is 18.2 Å². The molecule has 21 heavy (non-hydrogen) atoms. The van der Waals surface area contributed by atoms with Crippen LogP contribution in [0.5, 0.6) is 0 Å². The van der Waals surface area contributed by atoms with Crippen molar-refractivity contribution in [3.8, 4) is 0 Å². The highest BCUT2D eigenvalue weighted by molar-refractivity contribution is 8.16. The van der Waals surface area contributed by atoms with E-state index in [4.69, 9.17) is 0 Å². The minimum atomic E-state index is -4.70. The molecule has 0 aromatic carbocycles. The third-order valence-corrected chi connectivity index (χ3v) is 5.80. The van der Waals surface area contributed by atoms with Gasteiger partial charge in [0, 0.05) is 18.4 Å². The van der Waals surface area contributed by atoms with Gasteiger partial charge in [0.1, 0.15) is 0 Å². The summed E-state index contributed by atoms with van der Waals surface area (Å²) < 4.78 is 62.9. The maximum absolute atomic E-state index is 13.4. The minimum Gasteiger partial charge on any atom is -0.361 e. The number of halogens is 5. The molecule has 4 atom stereocenters. The molecule has 0 aromatic heterocycles. The number of rotatable bonds is 1. The molecule has 1 aliphatic heterocycles. The smallest absolute Gasteiger partial charge is 0.361 e. The van der Waals surface area contributed by atoms with Crippen molar-refractivity contribution in [3.63, 3.8) is 0 Å². The first-order chi connectivity index (χ1) is 9.53. The molecule has 2 fully saturated rings. The summed E-state index contributed by atoms with van der Waals surface area (Å²) in [6.45, 7) is 0.785. The monoisotopic (exact) mass is 328 g/mol. The highest BCUT2D eigenvalue weighted by atomic mass is 32.2. The van der Waals surface area contributed by atoms with Crippen molar-refractivity contribution in [2.24, 2.45) is 16.8 Å². The lowest BCUT2D eigenvalue weighted by molar-refractivity contribution is -0.165. The average Bonchev–Trinajstić information content (AvgIpc) is 2.90. The summed E-state index contributed by atoms with van der Waals surface area (Å²) in [6, 6.07) is -0.329. The number of hydrogen-bond donors (Lipinski definition) is 1. The van der Waals surface area contributed by atoms with Crippen molar-refractivity contribution in [2.45, 2.75) is 49.1 Å². The van der Waals surface area contributed by atoms with E-state index in [1.165, 1.54) is 0 Å². The van der Waals surface area contributed by atoms with Crippen LogP contribution < -0.4 is 5.32 Å². The zero-order valence-electron chi connectivity index (χ0n) is 11.0. The van der Waals surface area contributed by atoms with E-state index < -0.39 is 28.7 Å². The summed E-state index contributed by atoms with van der Waals surface area (Å²) in [4.78, 5) is 14.9. The van der Waals surface area contributed by atoms with E-state index in [9.17, 15) is 26.7 Å². The Morgan fingerprint density at radius 3 is 2.43 bits per heavy atom. The van der Waals surface area contributed by atoms with E-state index in [0.717, 1.165) is 6.92 Å². The molecule has 0 saturated heterocycles. The molecule has 0 spiro atoms. The molecule has 1 N–H and O–H groups in total. The van der Waals surface area contributed by atoms with E-state index in [1.54, 1.807) is 0 Å². The number of thioether (sulfide) groups is 1. The molecule has 118 valence electrons. The molecular formula is C12H13F5N2OS. The zero-order valence-corrected chi connectivity index (χ0v) is 11.8. The lowest BCUT2D eigenvalue weighted by Gasteiger charge is -2.29. The number of carbonyl (C=O) groups is 1. The van der Waals surface area contributed by atoms with Crippen LogP contribution in [0.3, 0.4) is 0 Å². The number of nitrogens with one attached hydrogen (secondary N) is 1. The van der Waals surface area contributed by atoms with Crippen LogP contribution in [-0.2, 0) is 4.79 Å². The van der Waals surface area contributed by atoms with Crippen LogP contribution >= 0.6 is 11.8 Å². The van der Waals surface area contributed by atoms with Gasteiger partial charge in [-0.05, 0) is 25.7 Å². The Bertz CT molecular complexity index is 520. The lowest BCUT2D eigenvalue weighted by Crippen LogP contribution is -2.45. The first kappa shape index (κ1) is 15.1. The van der Waals surface area contributed by atoms with Gasteiger partial charge in [0.05, 0.1) is 0 Å². The summed E-state index contributed by atoms with van der Waals surface area (Å²) in [5.41, 5.74) is 0. The van der Waals surface area contributed by atoms with Gasteiger partial charge in [0.25, 0.3) is 11.8 Å². The van der Waals surface area contributed by atoms with Crippen molar-refractivity contribution in [1.29, 1.82) is 0 Å². The second-order valence-electron chi connectivity index (χ2n) is 6.00. The number of nitrogens with zero attached hydrogens (tertiary/aromatic N) is 1. The molecule has 1 heterocycles. The first-order valence-electron chi connectivity index (χ1n) is 6.56. The number of amidine groups is 1. The Labute approximate surface area is 121 Å². The van der Waals surface area contributed by atoms with Crippen LogP contribution in [0.2, 0.25) is 0 Å². The largest absolute Gasteiger partial charge is 0.412 e. The van der Waals surface area contributed by atoms with Crippen molar-refractivity contribution in [1.82, 2.24) is 5.32 Å². The summed E-state index contributed by atoms with van der Waals surface area (Å²) in [6.07, 6.45) is -4.39. The van der Waals surface area contributed by atoms with Gasteiger partial charge in [0.15, 0.2) is 9.91 Å². The average molecular weight is 328 g/mol. The Hall–Kier alpha value is -0.860.